The number of carbonyl (C=O) groups is 4. The first-order valence-corrected chi connectivity index (χ1v) is 16.0. The minimum absolute atomic E-state index is 0.0659. The van der Waals surface area contributed by atoms with Crippen LogP contribution in [0.4, 0.5) is 0 Å². The SMILES string of the molecule is CCOC(=O)c1cc(C(=O)NCc2cnc(C)nc2)cc(-c2ccc(C)cc2)c1.CCOC(=O)c1cc(C(=O)O)cc(-c2ccc(C)cc2)c1. The maximum absolute atomic E-state index is 12.8. The lowest BCUT2D eigenvalue weighted by atomic mass is 9.98. The molecule has 0 saturated carbocycles. The molecule has 1 heterocycles. The van der Waals surface area contributed by atoms with Crippen LogP contribution < -0.4 is 5.32 Å². The molecule has 0 saturated heterocycles. The van der Waals surface area contributed by atoms with E-state index in [4.69, 9.17) is 9.47 Å². The van der Waals surface area contributed by atoms with Gasteiger partial charge in [-0.2, -0.15) is 0 Å². The van der Waals surface area contributed by atoms with Crippen LogP contribution in [0.3, 0.4) is 0 Å². The second kappa shape index (κ2) is 17.3. The van der Waals surface area contributed by atoms with Crippen molar-refractivity contribution in [3.63, 3.8) is 0 Å². The number of esters is 2. The summed E-state index contributed by atoms with van der Waals surface area (Å²) in [5, 5.41) is 12.0. The van der Waals surface area contributed by atoms with Crippen LogP contribution >= 0.6 is 0 Å². The molecule has 0 atom stereocenters. The van der Waals surface area contributed by atoms with E-state index in [1.807, 2.05) is 62.4 Å². The molecule has 1 aromatic heterocycles. The summed E-state index contributed by atoms with van der Waals surface area (Å²) in [6, 6.07) is 25.2. The average molecular weight is 674 g/mol. The minimum Gasteiger partial charge on any atom is -0.478 e. The maximum atomic E-state index is 12.8. The summed E-state index contributed by atoms with van der Waals surface area (Å²) in [4.78, 5) is 56.4. The van der Waals surface area contributed by atoms with Crippen LogP contribution in [0.1, 0.15) is 77.8 Å². The Bertz CT molecular complexity index is 1970. The zero-order valence-corrected chi connectivity index (χ0v) is 28.7. The summed E-state index contributed by atoms with van der Waals surface area (Å²) in [5.41, 5.74) is 7.31. The van der Waals surface area contributed by atoms with E-state index in [0.29, 0.717) is 29.1 Å². The first kappa shape index (κ1) is 36.7. The molecule has 0 spiro atoms. The molecule has 0 aliphatic carbocycles. The predicted octanol–water partition coefficient (Wildman–Crippen LogP) is 7.40. The van der Waals surface area contributed by atoms with Crippen molar-refractivity contribution in [3.05, 3.63) is 142 Å². The van der Waals surface area contributed by atoms with Gasteiger partial charge in [-0.1, -0.05) is 59.7 Å². The van der Waals surface area contributed by atoms with Crippen LogP contribution in [0.25, 0.3) is 22.3 Å². The molecule has 0 bridgehead atoms. The molecule has 10 nitrogen and oxygen atoms in total. The van der Waals surface area contributed by atoms with Crippen molar-refractivity contribution in [1.82, 2.24) is 15.3 Å². The van der Waals surface area contributed by atoms with Crippen LogP contribution in [0.2, 0.25) is 0 Å². The fourth-order valence-corrected chi connectivity index (χ4v) is 4.79. The number of aromatic nitrogens is 2. The predicted molar refractivity (Wildman–Crippen MR) is 190 cm³/mol. The molecule has 0 unspecified atom stereocenters. The third-order valence-electron chi connectivity index (χ3n) is 7.45. The molecule has 4 aromatic carbocycles. The van der Waals surface area contributed by atoms with E-state index >= 15 is 0 Å². The topological polar surface area (TPSA) is 145 Å². The summed E-state index contributed by atoms with van der Waals surface area (Å²) < 4.78 is 10.1. The largest absolute Gasteiger partial charge is 0.478 e. The molecule has 2 N–H and O–H groups in total. The highest BCUT2D eigenvalue weighted by molar-refractivity contribution is 6.00. The van der Waals surface area contributed by atoms with Gasteiger partial charge < -0.3 is 19.9 Å². The molecule has 5 rings (SSSR count). The lowest BCUT2D eigenvalue weighted by Gasteiger charge is -2.11. The average Bonchev–Trinajstić information content (AvgIpc) is 3.12. The van der Waals surface area contributed by atoms with Gasteiger partial charge in [-0.25, -0.2) is 24.4 Å². The number of hydrogen-bond acceptors (Lipinski definition) is 8. The number of aryl methyl sites for hydroxylation is 3. The van der Waals surface area contributed by atoms with Crippen LogP contribution in [-0.4, -0.2) is 52.1 Å². The Morgan fingerprint density at radius 3 is 1.46 bits per heavy atom. The highest BCUT2D eigenvalue weighted by Crippen LogP contribution is 2.25. The Kier molecular flexibility index (Phi) is 12.7. The van der Waals surface area contributed by atoms with Gasteiger partial charge in [0.05, 0.1) is 29.9 Å². The molecular formula is C40H39N3O7. The van der Waals surface area contributed by atoms with E-state index < -0.39 is 17.9 Å². The molecule has 5 aromatic rings. The zero-order valence-electron chi connectivity index (χ0n) is 28.7. The van der Waals surface area contributed by atoms with Crippen LogP contribution in [0.5, 0.6) is 0 Å². The quantitative estimate of drug-likeness (QED) is 0.145. The Balaban J connectivity index is 0.000000237. The van der Waals surface area contributed by atoms with E-state index in [9.17, 15) is 24.3 Å². The lowest BCUT2D eigenvalue weighted by molar-refractivity contribution is 0.0516. The number of nitrogens with one attached hydrogen (secondary N) is 1. The number of nitrogens with zero attached hydrogens (tertiary/aromatic N) is 2. The third kappa shape index (κ3) is 10.2. The number of amides is 1. The van der Waals surface area contributed by atoms with Gasteiger partial charge in [-0.3, -0.25) is 4.79 Å². The Morgan fingerprint density at radius 1 is 0.600 bits per heavy atom. The number of ether oxygens (including phenoxy) is 2. The van der Waals surface area contributed by atoms with Gasteiger partial charge in [0.2, 0.25) is 0 Å². The van der Waals surface area contributed by atoms with E-state index in [1.165, 1.54) is 6.07 Å². The smallest absolute Gasteiger partial charge is 0.338 e. The molecule has 0 aliphatic rings. The summed E-state index contributed by atoms with van der Waals surface area (Å²) in [6.45, 7) is 10.0. The number of hydrogen-bond donors (Lipinski definition) is 2. The number of rotatable bonds is 10. The highest BCUT2D eigenvalue weighted by Gasteiger charge is 2.16. The monoisotopic (exact) mass is 673 g/mol. The molecular weight excluding hydrogens is 634 g/mol. The zero-order chi connectivity index (χ0) is 36.2. The van der Waals surface area contributed by atoms with Crippen molar-refractivity contribution in [2.24, 2.45) is 0 Å². The molecule has 0 radical (unpaired) electrons. The number of carboxylic acids is 1. The summed E-state index contributed by atoms with van der Waals surface area (Å²) in [6.07, 6.45) is 3.35. The van der Waals surface area contributed by atoms with Crippen molar-refractivity contribution in [3.8, 4) is 22.3 Å². The van der Waals surface area contributed by atoms with Crippen molar-refractivity contribution in [2.45, 2.75) is 41.2 Å². The Morgan fingerprint density at radius 2 is 1.02 bits per heavy atom. The van der Waals surface area contributed by atoms with E-state index in [1.54, 1.807) is 63.5 Å². The number of benzene rings is 4. The van der Waals surface area contributed by atoms with Gasteiger partial charge >= 0.3 is 17.9 Å². The lowest BCUT2D eigenvalue weighted by Crippen LogP contribution is -2.23. The van der Waals surface area contributed by atoms with Crippen LogP contribution in [0.15, 0.2) is 97.3 Å². The Hall–Kier alpha value is -6.16. The fraction of sp³-hybridized carbons (Fsp3) is 0.200. The van der Waals surface area contributed by atoms with Gasteiger partial charge in [-0.05, 0) is 93.3 Å². The number of carbonyl (C=O) groups excluding carboxylic acids is 3. The van der Waals surface area contributed by atoms with Gasteiger partial charge in [0, 0.05) is 30.1 Å². The van der Waals surface area contributed by atoms with Crippen molar-refractivity contribution in [1.29, 1.82) is 0 Å². The summed E-state index contributed by atoms with van der Waals surface area (Å²) in [5.74, 6) is -1.67. The molecule has 256 valence electrons. The molecule has 1 amide bonds. The number of carboxylic acid groups (broad SMARTS) is 1. The van der Waals surface area contributed by atoms with Crippen molar-refractivity contribution < 1.29 is 33.8 Å². The first-order valence-electron chi connectivity index (χ1n) is 16.0. The van der Waals surface area contributed by atoms with Crippen molar-refractivity contribution >= 4 is 23.8 Å². The van der Waals surface area contributed by atoms with E-state index in [2.05, 4.69) is 15.3 Å². The van der Waals surface area contributed by atoms with Crippen molar-refractivity contribution in [2.75, 3.05) is 13.2 Å². The van der Waals surface area contributed by atoms with Gasteiger partial charge in [0.1, 0.15) is 5.82 Å². The molecule has 0 fully saturated rings. The minimum atomic E-state index is -1.07. The normalized spacial score (nSPS) is 10.3. The van der Waals surface area contributed by atoms with Crippen LogP contribution in [-0.2, 0) is 16.0 Å². The fourth-order valence-electron chi connectivity index (χ4n) is 4.79. The standard InChI is InChI=1S/C23H23N3O3.C17H16O4/c1-4-29-23(28)21-10-19(18-7-5-15(2)6-8-18)9-20(11-21)22(27)26-14-17-12-24-16(3)25-13-17;1-3-21-17(20)15-9-13(8-14(10-15)16(18)19)12-6-4-11(2)5-7-12/h5-13H,4,14H2,1-3H3,(H,26,27);4-10H,3H2,1-2H3,(H,18,19). The number of aromatic carboxylic acids is 1. The molecule has 10 heteroatoms. The maximum Gasteiger partial charge on any atom is 0.338 e. The Labute approximate surface area is 291 Å². The highest BCUT2D eigenvalue weighted by atomic mass is 16.5. The van der Waals surface area contributed by atoms with Gasteiger partial charge in [0.15, 0.2) is 0 Å². The second-order valence-electron chi connectivity index (χ2n) is 11.4. The second-order valence-corrected chi connectivity index (χ2v) is 11.4. The van der Waals surface area contributed by atoms with Gasteiger partial charge in [-0.15, -0.1) is 0 Å². The third-order valence-corrected chi connectivity index (χ3v) is 7.45. The van der Waals surface area contributed by atoms with E-state index in [-0.39, 0.29) is 30.2 Å². The molecule has 50 heavy (non-hydrogen) atoms. The van der Waals surface area contributed by atoms with Crippen LogP contribution in [0, 0.1) is 20.8 Å². The first-order chi connectivity index (χ1) is 24.0. The van der Waals surface area contributed by atoms with Gasteiger partial charge in [0.25, 0.3) is 5.91 Å². The summed E-state index contributed by atoms with van der Waals surface area (Å²) in [7, 11) is 0. The summed E-state index contributed by atoms with van der Waals surface area (Å²) >= 11 is 0. The molecule has 0 aliphatic heterocycles. The van der Waals surface area contributed by atoms with E-state index in [0.717, 1.165) is 33.4 Å².